The van der Waals surface area contributed by atoms with E-state index < -0.39 is 0 Å². The molecule has 0 saturated heterocycles. The van der Waals surface area contributed by atoms with E-state index in [0.717, 1.165) is 18.4 Å². The van der Waals surface area contributed by atoms with E-state index in [2.05, 4.69) is 0 Å². The van der Waals surface area contributed by atoms with Crippen LogP contribution in [-0.2, 0) is 11.3 Å². The Morgan fingerprint density at radius 2 is 1.89 bits per heavy atom. The maximum absolute atomic E-state index is 11.9. The Kier molecular flexibility index (Phi) is 4.62. The first-order chi connectivity index (χ1) is 8.77. The van der Waals surface area contributed by atoms with Gasteiger partial charge in [-0.15, -0.1) is 0 Å². The molecule has 1 aliphatic rings. The number of nitrogens with zero attached hydrogens (tertiary/aromatic N) is 1. The molecule has 0 bridgehead atoms. The fourth-order valence-corrected chi connectivity index (χ4v) is 2.44. The number of carbonyl (C=O) groups excluding carboxylic acids is 1. The lowest BCUT2D eigenvalue weighted by Crippen LogP contribution is -2.38. The van der Waals surface area contributed by atoms with Gasteiger partial charge in [0.2, 0.25) is 0 Å². The zero-order valence-corrected chi connectivity index (χ0v) is 11.0. The molecule has 0 atom stereocenters. The minimum absolute atomic E-state index is 0.203. The average molecular weight is 247 g/mol. The summed E-state index contributed by atoms with van der Waals surface area (Å²) in [6.07, 6.45) is 5.75. The van der Waals surface area contributed by atoms with Crippen molar-refractivity contribution in [3.8, 4) is 0 Å². The van der Waals surface area contributed by atoms with Gasteiger partial charge in [-0.1, -0.05) is 49.6 Å². The van der Waals surface area contributed by atoms with E-state index in [0.29, 0.717) is 12.6 Å². The first kappa shape index (κ1) is 12.9. The van der Waals surface area contributed by atoms with E-state index in [1.165, 1.54) is 19.3 Å². The lowest BCUT2D eigenvalue weighted by Gasteiger charge is -2.30. The second kappa shape index (κ2) is 6.43. The topological polar surface area (TPSA) is 29.5 Å². The lowest BCUT2D eigenvalue weighted by atomic mass is 9.95. The van der Waals surface area contributed by atoms with E-state index in [9.17, 15) is 4.79 Å². The predicted octanol–water partition coefficient (Wildman–Crippen LogP) is 3.59. The van der Waals surface area contributed by atoms with Crippen LogP contribution in [0.15, 0.2) is 30.3 Å². The van der Waals surface area contributed by atoms with E-state index in [1.54, 1.807) is 4.90 Å². The minimum atomic E-state index is -0.203. The number of hydrogen-bond acceptors (Lipinski definition) is 2. The summed E-state index contributed by atoms with van der Waals surface area (Å²) in [6, 6.07) is 10.2. The van der Waals surface area contributed by atoms with Crippen molar-refractivity contribution in [2.75, 3.05) is 7.05 Å². The molecule has 0 aromatic heterocycles. The molecule has 1 aliphatic carbocycles. The Hall–Kier alpha value is -1.51. The predicted molar refractivity (Wildman–Crippen MR) is 71.3 cm³/mol. The number of benzene rings is 1. The van der Waals surface area contributed by atoms with E-state index in [4.69, 9.17) is 4.74 Å². The van der Waals surface area contributed by atoms with Crippen molar-refractivity contribution in [1.29, 1.82) is 0 Å². The lowest BCUT2D eigenvalue weighted by molar-refractivity contribution is 0.0835. The summed E-state index contributed by atoms with van der Waals surface area (Å²) in [7, 11) is 1.85. The van der Waals surface area contributed by atoms with E-state index in [-0.39, 0.29) is 6.09 Å². The third-order valence-electron chi connectivity index (χ3n) is 3.62. The largest absolute Gasteiger partial charge is 0.445 e. The van der Waals surface area contributed by atoms with Crippen LogP contribution in [0.25, 0.3) is 0 Å². The molecule has 3 nitrogen and oxygen atoms in total. The molecule has 18 heavy (non-hydrogen) atoms. The molecule has 1 fully saturated rings. The van der Waals surface area contributed by atoms with E-state index in [1.807, 2.05) is 37.4 Å². The van der Waals surface area contributed by atoms with Crippen molar-refractivity contribution in [2.24, 2.45) is 0 Å². The summed E-state index contributed by atoms with van der Waals surface area (Å²) in [6.45, 7) is 0.358. The molecule has 2 rings (SSSR count). The first-order valence-electron chi connectivity index (χ1n) is 6.71. The number of hydrogen-bond donors (Lipinski definition) is 0. The van der Waals surface area contributed by atoms with Gasteiger partial charge in [-0.05, 0) is 18.4 Å². The molecule has 0 N–H and O–H groups in total. The highest BCUT2D eigenvalue weighted by Crippen LogP contribution is 2.22. The molecule has 98 valence electrons. The summed E-state index contributed by atoms with van der Waals surface area (Å²) in [4.78, 5) is 13.7. The highest BCUT2D eigenvalue weighted by atomic mass is 16.6. The maximum atomic E-state index is 11.9. The van der Waals surface area contributed by atoms with Crippen molar-refractivity contribution in [2.45, 2.75) is 44.8 Å². The number of carbonyl (C=O) groups is 1. The zero-order valence-electron chi connectivity index (χ0n) is 11.0. The van der Waals surface area contributed by atoms with Gasteiger partial charge in [0.15, 0.2) is 0 Å². The van der Waals surface area contributed by atoms with Crippen molar-refractivity contribution < 1.29 is 9.53 Å². The summed E-state index contributed by atoms with van der Waals surface area (Å²) in [5, 5.41) is 0. The normalized spacial score (nSPS) is 16.3. The van der Waals surface area contributed by atoms with Gasteiger partial charge in [0, 0.05) is 13.1 Å². The molecule has 1 amide bonds. The number of amides is 1. The van der Waals surface area contributed by atoms with Crippen LogP contribution in [0.1, 0.15) is 37.7 Å². The molecular formula is C15H21NO2. The zero-order chi connectivity index (χ0) is 12.8. The smallest absolute Gasteiger partial charge is 0.410 e. The molecule has 0 unspecified atom stereocenters. The van der Waals surface area contributed by atoms with Gasteiger partial charge in [-0.2, -0.15) is 0 Å². The highest BCUT2D eigenvalue weighted by molar-refractivity contribution is 5.67. The van der Waals surface area contributed by atoms with Gasteiger partial charge >= 0.3 is 6.09 Å². The van der Waals surface area contributed by atoms with Gasteiger partial charge in [0.25, 0.3) is 0 Å². The molecule has 0 spiro atoms. The Balaban J connectivity index is 1.80. The van der Waals surface area contributed by atoms with Crippen molar-refractivity contribution in [1.82, 2.24) is 4.90 Å². The minimum Gasteiger partial charge on any atom is -0.445 e. The Morgan fingerprint density at radius 3 is 2.56 bits per heavy atom. The van der Waals surface area contributed by atoms with Crippen molar-refractivity contribution in [3.63, 3.8) is 0 Å². The van der Waals surface area contributed by atoms with Crippen LogP contribution >= 0.6 is 0 Å². The molecular weight excluding hydrogens is 226 g/mol. The quantitative estimate of drug-likeness (QED) is 0.817. The van der Waals surface area contributed by atoms with Crippen LogP contribution in [-0.4, -0.2) is 24.1 Å². The van der Waals surface area contributed by atoms with Gasteiger partial charge in [-0.25, -0.2) is 4.79 Å². The third kappa shape index (κ3) is 3.49. The molecule has 1 aromatic rings. The third-order valence-corrected chi connectivity index (χ3v) is 3.62. The second-order valence-electron chi connectivity index (χ2n) is 4.94. The highest BCUT2D eigenvalue weighted by Gasteiger charge is 2.22. The average Bonchev–Trinajstić information content (AvgIpc) is 2.46. The fourth-order valence-electron chi connectivity index (χ4n) is 2.44. The van der Waals surface area contributed by atoms with Crippen LogP contribution in [0.3, 0.4) is 0 Å². The summed E-state index contributed by atoms with van der Waals surface area (Å²) in [5.74, 6) is 0. The van der Waals surface area contributed by atoms with Gasteiger partial charge < -0.3 is 9.64 Å². The SMILES string of the molecule is CN(C(=O)OCc1ccccc1)C1CCCCC1. The summed E-state index contributed by atoms with van der Waals surface area (Å²) in [5.41, 5.74) is 1.03. The van der Waals surface area contributed by atoms with Crippen LogP contribution in [0.5, 0.6) is 0 Å². The molecule has 0 aliphatic heterocycles. The summed E-state index contributed by atoms with van der Waals surface area (Å²) < 4.78 is 5.33. The first-order valence-corrected chi connectivity index (χ1v) is 6.71. The van der Waals surface area contributed by atoms with Crippen molar-refractivity contribution in [3.05, 3.63) is 35.9 Å². The standard InChI is InChI=1S/C15H21NO2/c1-16(14-10-6-3-7-11-14)15(17)18-12-13-8-4-2-5-9-13/h2,4-5,8-9,14H,3,6-7,10-12H2,1H3. The van der Waals surface area contributed by atoms with Gasteiger partial charge in [-0.3, -0.25) is 0 Å². The van der Waals surface area contributed by atoms with Crippen LogP contribution in [0.2, 0.25) is 0 Å². The molecule has 3 heteroatoms. The number of ether oxygens (including phenoxy) is 1. The second-order valence-corrected chi connectivity index (χ2v) is 4.94. The Labute approximate surface area is 109 Å². The van der Waals surface area contributed by atoms with Crippen molar-refractivity contribution >= 4 is 6.09 Å². The Morgan fingerprint density at radius 1 is 1.22 bits per heavy atom. The number of rotatable bonds is 3. The molecule has 1 aromatic carbocycles. The molecule has 0 heterocycles. The van der Waals surface area contributed by atoms with Gasteiger partial charge in [0.1, 0.15) is 6.61 Å². The van der Waals surface area contributed by atoms with E-state index >= 15 is 0 Å². The van der Waals surface area contributed by atoms with Crippen LogP contribution in [0, 0.1) is 0 Å². The monoisotopic (exact) mass is 247 g/mol. The molecule has 0 radical (unpaired) electrons. The van der Waals surface area contributed by atoms with Crippen LogP contribution < -0.4 is 0 Å². The Bertz CT molecular complexity index is 371. The maximum Gasteiger partial charge on any atom is 0.410 e. The molecule has 1 saturated carbocycles. The summed E-state index contributed by atoms with van der Waals surface area (Å²) >= 11 is 0. The van der Waals surface area contributed by atoms with Gasteiger partial charge in [0.05, 0.1) is 0 Å². The van der Waals surface area contributed by atoms with Crippen LogP contribution in [0.4, 0.5) is 4.79 Å². The fraction of sp³-hybridized carbons (Fsp3) is 0.533.